The van der Waals surface area contributed by atoms with Crippen molar-refractivity contribution in [3.05, 3.63) is 0 Å². The number of carboxylic acids is 1. The van der Waals surface area contributed by atoms with Crippen LogP contribution < -0.4 is 10.4 Å². The smallest absolute Gasteiger partial charge is 0.144 e. The quantitative estimate of drug-likeness (QED) is 0.426. The Hall–Kier alpha value is -0.900. The molecular formula is C6H8NO3-. The number of aliphatic carboxylic acids is 1. The summed E-state index contributed by atoms with van der Waals surface area (Å²) < 4.78 is 0. The molecule has 0 aromatic rings. The molecule has 1 aliphatic heterocycles. The van der Waals surface area contributed by atoms with E-state index in [-0.39, 0.29) is 12.3 Å². The molecule has 56 valence electrons. The van der Waals surface area contributed by atoms with Crippen LogP contribution in [0.4, 0.5) is 0 Å². The molecule has 1 heterocycles. The van der Waals surface area contributed by atoms with Crippen molar-refractivity contribution in [2.24, 2.45) is 5.92 Å². The molecule has 1 aliphatic rings. The summed E-state index contributed by atoms with van der Waals surface area (Å²) >= 11 is 0. The van der Waals surface area contributed by atoms with Crippen LogP contribution in [0.3, 0.4) is 0 Å². The molecule has 0 radical (unpaired) electrons. The maximum absolute atomic E-state index is 10.8. The molecule has 0 aliphatic carbocycles. The van der Waals surface area contributed by atoms with Gasteiger partial charge in [0.2, 0.25) is 0 Å². The van der Waals surface area contributed by atoms with Gasteiger partial charge >= 0.3 is 0 Å². The maximum Gasteiger partial charge on any atom is 0.144 e. The minimum Gasteiger partial charge on any atom is -0.549 e. The van der Waals surface area contributed by atoms with E-state index < -0.39 is 11.9 Å². The second kappa shape index (κ2) is 2.79. The van der Waals surface area contributed by atoms with Gasteiger partial charge in [-0.15, -0.1) is 0 Å². The van der Waals surface area contributed by atoms with Gasteiger partial charge in [0.05, 0.1) is 11.9 Å². The fourth-order valence-corrected chi connectivity index (χ4v) is 0.961. The standard InChI is InChI=1S/C6H9NO3/c8-5-1-2-7-3-4(5)6(9)10/h4,7H,1-3H2,(H,9,10)/p-1. The second-order valence-electron chi connectivity index (χ2n) is 2.29. The number of carboxylic acid groups (broad SMARTS) is 1. The van der Waals surface area contributed by atoms with Crippen LogP contribution in [0, 0.1) is 5.92 Å². The monoisotopic (exact) mass is 142 g/mol. The molecule has 1 rings (SSSR count). The van der Waals surface area contributed by atoms with E-state index >= 15 is 0 Å². The third kappa shape index (κ3) is 1.33. The Labute approximate surface area is 58.2 Å². The van der Waals surface area contributed by atoms with Crippen LogP contribution in [-0.2, 0) is 9.59 Å². The van der Waals surface area contributed by atoms with Gasteiger partial charge in [-0.3, -0.25) is 4.79 Å². The fraction of sp³-hybridized carbons (Fsp3) is 0.667. The molecule has 0 aromatic heterocycles. The zero-order valence-corrected chi connectivity index (χ0v) is 5.42. The molecule has 1 fully saturated rings. The van der Waals surface area contributed by atoms with Crippen molar-refractivity contribution < 1.29 is 14.7 Å². The average Bonchev–Trinajstić information content (AvgIpc) is 1.88. The second-order valence-corrected chi connectivity index (χ2v) is 2.29. The number of ketones is 1. The van der Waals surface area contributed by atoms with Gasteiger partial charge in [0.25, 0.3) is 0 Å². The number of carbonyl (C=O) groups is 2. The SMILES string of the molecule is O=C([O-])C1CNCCC1=O. The Morgan fingerprint density at radius 3 is 2.80 bits per heavy atom. The van der Waals surface area contributed by atoms with E-state index in [1.807, 2.05) is 0 Å². The van der Waals surface area contributed by atoms with Crippen LogP contribution in [0.2, 0.25) is 0 Å². The molecule has 1 saturated heterocycles. The van der Waals surface area contributed by atoms with Crippen LogP contribution in [0.15, 0.2) is 0 Å². The number of carbonyl (C=O) groups excluding carboxylic acids is 2. The summed E-state index contributed by atoms with van der Waals surface area (Å²) in [6, 6.07) is 0. The number of hydrogen-bond donors (Lipinski definition) is 1. The highest BCUT2D eigenvalue weighted by molar-refractivity contribution is 5.98. The van der Waals surface area contributed by atoms with Gasteiger partial charge in [0, 0.05) is 19.5 Å². The molecule has 4 heteroatoms. The lowest BCUT2D eigenvalue weighted by Gasteiger charge is -2.21. The number of nitrogens with one attached hydrogen (secondary N) is 1. The number of piperidine rings is 1. The molecule has 0 saturated carbocycles. The Morgan fingerprint density at radius 1 is 1.70 bits per heavy atom. The molecule has 0 amide bonds. The minimum atomic E-state index is -1.27. The molecule has 0 aromatic carbocycles. The molecule has 4 nitrogen and oxygen atoms in total. The lowest BCUT2D eigenvalue weighted by Crippen LogP contribution is -2.46. The van der Waals surface area contributed by atoms with Crippen molar-refractivity contribution in [2.45, 2.75) is 6.42 Å². The molecule has 0 bridgehead atoms. The van der Waals surface area contributed by atoms with Gasteiger partial charge in [-0.2, -0.15) is 0 Å². The van der Waals surface area contributed by atoms with Gasteiger partial charge in [-0.05, 0) is 0 Å². The molecule has 0 spiro atoms. The summed E-state index contributed by atoms with van der Waals surface area (Å²) in [5, 5.41) is 13.0. The number of hydrogen-bond acceptors (Lipinski definition) is 4. The summed E-state index contributed by atoms with van der Waals surface area (Å²) in [7, 11) is 0. The van der Waals surface area contributed by atoms with Crippen LogP contribution in [0.25, 0.3) is 0 Å². The van der Waals surface area contributed by atoms with Crippen LogP contribution in [0.1, 0.15) is 6.42 Å². The Bertz CT molecular complexity index is 166. The first-order chi connectivity index (χ1) is 4.72. The van der Waals surface area contributed by atoms with Crippen molar-refractivity contribution in [1.29, 1.82) is 0 Å². The van der Waals surface area contributed by atoms with Gasteiger partial charge in [0.15, 0.2) is 0 Å². The lowest BCUT2D eigenvalue weighted by atomic mass is 9.99. The van der Waals surface area contributed by atoms with E-state index in [0.29, 0.717) is 13.0 Å². The largest absolute Gasteiger partial charge is 0.549 e. The number of Topliss-reactive ketones (excluding diaryl/α,β-unsaturated/α-hetero) is 1. The normalized spacial score (nSPS) is 26.4. The highest BCUT2D eigenvalue weighted by Gasteiger charge is 2.22. The predicted octanol–water partition coefficient (Wildman–Crippen LogP) is -2.09. The highest BCUT2D eigenvalue weighted by Crippen LogP contribution is 2.03. The van der Waals surface area contributed by atoms with E-state index in [4.69, 9.17) is 0 Å². The minimum absolute atomic E-state index is 0.223. The lowest BCUT2D eigenvalue weighted by molar-refractivity contribution is -0.309. The predicted molar refractivity (Wildman–Crippen MR) is 31.0 cm³/mol. The summed E-state index contributed by atoms with van der Waals surface area (Å²) in [5.41, 5.74) is 0. The molecule has 1 atom stereocenters. The van der Waals surface area contributed by atoms with Gasteiger partial charge in [-0.1, -0.05) is 0 Å². The van der Waals surface area contributed by atoms with E-state index in [0.717, 1.165) is 0 Å². The Kier molecular flexibility index (Phi) is 2.01. The van der Waals surface area contributed by atoms with Gasteiger partial charge in [-0.25, -0.2) is 0 Å². The summed E-state index contributed by atoms with van der Waals surface area (Å²) in [6.07, 6.45) is 0.304. The summed E-state index contributed by atoms with van der Waals surface area (Å²) in [4.78, 5) is 21.0. The summed E-state index contributed by atoms with van der Waals surface area (Å²) in [6.45, 7) is 0.809. The van der Waals surface area contributed by atoms with Crippen LogP contribution in [-0.4, -0.2) is 24.8 Å². The third-order valence-electron chi connectivity index (χ3n) is 1.57. The average molecular weight is 142 g/mol. The van der Waals surface area contributed by atoms with Crippen molar-refractivity contribution in [3.63, 3.8) is 0 Å². The third-order valence-corrected chi connectivity index (χ3v) is 1.57. The summed E-state index contributed by atoms with van der Waals surface area (Å²) in [5.74, 6) is -2.41. The Balaban J connectivity index is 2.56. The van der Waals surface area contributed by atoms with Crippen molar-refractivity contribution in [1.82, 2.24) is 5.32 Å². The van der Waals surface area contributed by atoms with Crippen LogP contribution in [0.5, 0.6) is 0 Å². The van der Waals surface area contributed by atoms with Crippen molar-refractivity contribution >= 4 is 11.8 Å². The van der Waals surface area contributed by atoms with E-state index in [1.54, 1.807) is 0 Å². The zero-order chi connectivity index (χ0) is 7.56. The van der Waals surface area contributed by atoms with Gasteiger partial charge in [0.1, 0.15) is 5.78 Å². The zero-order valence-electron chi connectivity index (χ0n) is 5.42. The van der Waals surface area contributed by atoms with E-state index in [9.17, 15) is 14.7 Å². The van der Waals surface area contributed by atoms with Crippen molar-refractivity contribution in [3.8, 4) is 0 Å². The first kappa shape index (κ1) is 7.21. The maximum atomic E-state index is 10.8. The van der Waals surface area contributed by atoms with Crippen LogP contribution >= 0.6 is 0 Å². The number of rotatable bonds is 1. The van der Waals surface area contributed by atoms with Crippen molar-refractivity contribution in [2.75, 3.05) is 13.1 Å². The first-order valence-corrected chi connectivity index (χ1v) is 3.16. The molecular weight excluding hydrogens is 134 g/mol. The highest BCUT2D eigenvalue weighted by atomic mass is 16.4. The first-order valence-electron chi connectivity index (χ1n) is 3.16. The molecule has 10 heavy (non-hydrogen) atoms. The van der Waals surface area contributed by atoms with E-state index in [1.165, 1.54) is 0 Å². The topological polar surface area (TPSA) is 69.2 Å². The molecule has 1 unspecified atom stereocenters. The fourth-order valence-electron chi connectivity index (χ4n) is 0.961. The molecule has 1 N–H and O–H groups in total. The van der Waals surface area contributed by atoms with E-state index in [2.05, 4.69) is 5.32 Å². The van der Waals surface area contributed by atoms with Gasteiger partial charge < -0.3 is 15.2 Å². The Morgan fingerprint density at radius 2 is 2.40 bits per heavy atom.